The van der Waals surface area contributed by atoms with E-state index in [1.807, 2.05) is 6.92 Å². The number of methoxy groups -OCH3 is 1. The fourth-order valence-corrected chi connectivity index (χ4v) is 2.46. The Bertz CT molecular complexity index is 510. The number of fused-ring (bicyclic) bond motifs is 1. The van der Waals surface area contributed by atoms with Crippen LogP contribution in [0.5, 0.6) is 0 Å². The van der Waals surface area contributed by atoms with E-state index in [4.69, 9.17) is 4.74 Å². The largest absolute Gasteiger partial charge is 0.465 e. The van der Waals surface area contributed by atoms with Crippen molar-refractivity contribution in [3.63, 3.8) is 0 Å². The fraction of sp³-hybridized carbons (Fsp3) is 0.400. The molecule has 1 aliphatic rings. The van der Waals surface area contributed by atoms with Gasteiger partial charge in [0.05, 0.1) is 12.7 Å². The maximum atomic E-state index is 11.9. The normalized spacial score (nSPS) is 14.0. The Morgan fingerprint density at radius 3 is 2.65 bits per heavy atom. The lowest BCUT2D eigenvalue weighted by atomic mass is 9.85. The lowest BCUT2D eigenvalue weighted by Gasteiger charge is -2.21. The van der Waals surface area contributed by atoms with Crippen molar-refractivity contribution < 1.29 is 9.53 Å². The number of rotatable bonds is 1. The molecule has 1 aliphatic carbocycles. The molecule has 0 aliphatic heterocycles. The fourth-order valence-electron chi connectivity index (χ4n) is 2.46. The molecule has 0 unspecified atom stereocenters. The first-order chi connectivity index (χ1) is 8.04. The molecular weight excluding hydrogens is 212 g/mol. The number of hydrogen-bond acceptors (Lipinski definition) is 2. The molecule has 1 aromatic rings. The third-order valence-electron chi connectivity index (χ3n) is 3.56. The topological polar surface area (TPSA) is 26.3 Å². The molecule has 0 saturated heterocycles. The smallest absolute Gasteiger partial charge is 0.338 e. The van der Waals surface area contributed by atoms with Crippen LogP contribution in [0.4, 0.5) is 0 Å². The predicted octanol–water partition coefficient (Wildman–Crippen LogP) is 3.13. The summed E-state index contributed by atoms with van der Waals surface area (Å²) in [7, 11) is 1.44. The molecule has 17 heavy (non-hydrogen) atoms. The van der Waals surface area contributed by atoms with Gasteiger partial charge in [0.1, 0.15) is 0 Å². The van der Waals surface area contributed by atoms with Gasteiger partial charge in [0.2, 0.25) is 0 Å². The van der Waals surface area contributed by atoms with Crippen molar-refractivity contribution in [2.24, 2.45) is 0 Å². The maximum Gasteiger partial charge on any atom is 0.338 e. The highest BCUT2D eigenvalue weighted by molar-refractivity contribution is 5.93. The van der Waals surface area contributed by atoms with Crippen LogP contribution in [0.2, 0.25) is 0 Å². The molecule has 0 N–H and O–H groups in total. The summed E-state index contributed by atoms with van der Waals surface area (Å²) in [6, 6.07) is 2.20. The number of allylic oxidation sites excluding steroid dienone is 2. The quantitative estimate of drug-likeness (QED) is 0.547. The first kappa shape index (κ1) is 11.9. The van der Waals surface area contributed by atoms with E-state index in [0.717, 1.165) is 29.5 Å². The van der Waals surface area contributed by atoms with E-state index in [9.17, 15) is 4.79 Å². The van der Waals surface area contributed by atoms with Crippen LogP contribution >= 0.6 is 0 Å². The summed E-state index contributed by atoms with van der Waals surface area (Å²) in [4.78, 5) is 11.9. The molecule has 0 spiro atoms. The van der Waals surface area contributed by atoms with E-state index in [1.165, 1.54) is 23.8 Å². The second-order valence-corrected chi connectivity index (χ2v) is 4.75. The zero-order chi connectivity index (χ0) is 12.6. The average molecular weight is 230 g/mol. The van der Waals surface area contributed by atoms with Crippen molar-refractivity contribution in [3.05, 3.63) is 45.5 Å². The van der Waals surface area contributed by atoms with E-state index in [1.54, 1.807) is 0 Å². The van der Waals surface area contributed by atoms with Gasteiger partial charge in [-0.2, -0.15) is 0 Å². The summed E-state index contributed by atoms with van der Waals surface area (Å²) in [5.74, 6) is -0.213. The first-order valence-corrected chi connectivity index (χ1v) is 5.90. The molecule has 0 heterocycles. The number of carbonyl (C=O) groups is 1. The van der Waals surface area contributed by atoms with Gasteiger partial charge in [0.15, 0.2) is 0 Å². The molecule has 90 valence electrons. The van der Waals surface area contributed by atoms with Crippen LogP contribution in [0.1, 0.15) is 39.5 Å². The van der Waals surface area contributed by atoms with E-state index in [-0.39, 0.29) is 5.97 Å². The highest BCUT2D eigenvalue weighted by atomic mass is 16.5. The number of hydrogen-bond donors (Lipinski definition) is 0. The molecular formula is C15H18O2. The van der Waals surface area contributed by atoms with Crippen LogP contribution in [-0.2, 0) is 17.6 Å². The molecule has 2 rings (SSSR count). The van der Waals surface area contributed by atoms with Gasteiger partial charge >= 0.3 is 5.97 Å². The molecule has 0 amide bonds. The first-order valence-electron chi connectivity index (χ1n) is 5.90. The summed E-state index contributed by atoms with van der Waals surface area (Å²) < 4.78 is 4.91. The van der Waals surface area contributed by atoms with Crippen LogP contribution in [0.25, 0.3) is 0 Å². The van der Waals surface area contributed by atoms with E-state index < -0.39 is 0 Å². The van der Waals surface area contributed by atoms with Gasteiger partial charge < -0.3 is 4.74 Å². The van der Waals surface area contributed by atoms with Gasteiger partial charge in [0, 0.05) is 0 Å². The summed E-state index contributed by atoms with van der Waals surface area (Å²) in [6.07, 6.45) is 3.98. The summed E-state index contributed by atoms with van der Waals surface area (Å²) >= 11 is 0. The zero-order valence-electron chi connectivity index (χ0n) is 10.9. The predicted molar refractivity (Wildman–Crippen MR) is 68.4 cm³/mol. The Balaban J connectivity index is 2.64. The molecule has 2 heteroatoms. The number of aryl methyl sites for hydroxylation is 1. The van der Waals surface area contributed by atoms with Gasteiger partial charge in [-0.15, -0.1) is 0 Å². The molecule has 1 aromatic carbocycles. The van der Waals surface area contributed by atoms with Gasteiger partial charge in [-0.05, 0) is 55.9 Å². The van der Waals surface area contributed by atoms with Crippen LogP contribution < -0.4 is 0 Å². The summed E-state index contributed by atoms with van der Waals surface area (Å²) in [5.41, 5.74) is 6.77. The number of esters is 1. The average Bonchev–Trinajstić information content (AvgIpc) is 2.30. The molecule has 0 saturated carbocycles. The third kappa shape index (κ3) is 1.99. The van der Waals surface area contributed by atoms with Crippen molar-refractivity contribution in [1.29, 1.82) is 0 Å². The monoisotopic (exact) mass is 230 g/mol. The Morgan fingerprint density at radius 2 is 2.00 bits per heavy atom. The zero-order valence-corrected chi connectivity index (χ0v) is 10.9. The number of benzene rings is 1. The second kappa shape index (κ2) is 4.36. The lowest BCUT2D eigenvalue weighted by molar-refractivity contribution is 0.0598. The Kier molecular flexibility index (Phi) is 3.05. The number of carbonyl (C=O) groups excluding carboxylic acids is 1. The Hall–Kier alpha value is -1.57. The van der Waals surface area contributed by atoms with Crippen molar-refractivity contribution >= 4 is 5.97 Å². The van der Waals surface area contributed by atoms with Crippen LogP contribution in [0.15, 0.2) is 17.7 Å². The summed E-state index contributed by atoms with van der Waals surface area (Å²) in [5, 5.41) is 0. The van der Waals surface area contributed by atoms with Gasteiger partial charge in [-0.3, -0.25) is 0 Å². The SMILES string of the molecule is COC(=O)c1c(C)c(C)cc2c1CC=C(C)C2. The van der Waals surface area contributed by atoms with Crippen molar-refractivity contribution in [1.82, 2.24) is 0 Å². The van der Waals surface area contributed by atoms with Crippen molar-refractivity contribution in [3.8, 4) is 0 Å². The number of ether oxygens (including phenoxy) is 1. The molecule has 0 bridgehead atoms. The van der Waals surface area contributed by atoms with E-state index in [2.05, 4.69) is 26.0 Å². The van der Waals surface area contributed by atoms with Gasteiger partial charge in [0.25, 0.3) is 0 Å². The Labute approximate surface area is 102 Å². The van der Waals surface area contributed by atoms with Gasteiger partial charge in [-0.1, -0.05) is 17.7 Å². The lowest BCUT2D eigenvalue weighted by Crippen LogP contribution is -2.14. The van der Waals surface area contributed by atoms with Gasteiger partial charge in [-0.25, -0.2) is 4.79 Å². The van der Waals surface area contributed by atoms with Crippen LogP contribution in [0, 0.1) is 13.8 Å². The van der Waals surface area contributed by atoms with Crippen LogP contribution in [-0.4, -0.2) is 13.1 Å². The molecule has 0 atom stereocenters. The van der Waals surface area contributed by atoms with E-state index in [0.29, 0.717) is 0 Å². The standard InChI is InChI=1S/C15H18O2/c1-9-5-6-13-12(7-9)8-10(2)11(3)14(13)15(16)17-4/h5,8H,6-7H2,1-4H3. The summed E-state index contributed by atoms with van der Waals surface area (Å²) in [6.45, 7) is 6.18. The minimum absolute atomic E-state index is 0.213. The molecule has 0 radical (unpaired) electrons. The minimum atomic E-state index is -0.213. The Morgan fingerprint density at radius 1 is 1.29 bits per heavy atom. The minimum Gasteiger partial charge on any atom is -0.465 e. The van der Waals surface area contributed by atoms with E-state index >= 15 is 0 Å². The second-order valence-electron chi connectivity index (χ2n) is 4.75. The molecule has 0 fully saturated rings. The highest BCUT2D eigenvalue weighted by Crippen LogP contribution is 2.29. The maximum absolute atomic E-state index is 11.9. The highest BCUT2D eigenvalue weighted by Gasteiger charge is 2.21. The third-order valence-corrected chi connectivity index (χ3v) is 3.56. The van der Waals surface area contributed by atoms with Crippen LogP contribution in [0.3, 0.4) is 0 Å². The van der Waals surface area contributed by atoms with Crippen molar-refractivity contribution in [2.45, 2.75) is 33.6 Å². The molecule has 0 aromatic heterocycles. The van der Waals surface area contributed by atoms with Crippen molar-refractivity contribution in [2.75, 3.05) is 7.11 Å². The molecule has 2 nitrogen and oxygen atoms in total.